The molecule has 1 atom stereocenters. The van der Waals surface area contributed by atoms with Crippen LogP contribution in [0, 0.1) is 5.92 Å². The molecule has 0 unspecified atom stereocenters. The summed E-state index contributed by atoms with van der Waals surface area (Å²) < 4.78 is 0. The van der Waals surface area contributed by atoms with Crippen LogP contribution in [-0.2, 0) is 4.79 Å². The number of nitrogens with one attached hydrogen (secondary N) is 2. The average Bonchev–Trinajstić information content (AvgIpc) is 2.40. The first-order valence-electron chi connectivity index (χ1n) is 3.74. The van der Waals surface area contributed by atoms with E-state index in [1.54, 1.807) is 7.05 Å². The van der Waals surface area contributed by atoms with E-state index in [9.17, 15) is 4.79 Å². The van der Waals surface area contributed by atoms with Crippen LogP contribution in [0.3, 0.4) is 0 Å². The van der Waals surface area contributed by atoms with Gasteiger partial charge in [0.1, 0.15) is 0 Å². The van der Waals surface area contributed by atoms with E-state index in [0.717, 1.165) is 19.5 Å². The third-order valence-corrected chi connectivity index (χ3v) is 1.92. The monoisotopic (exact) mass is 142 g/mol. The summed E-state index contributed by atoms with van der Waals surface area (Å²) in [5.74, 6) is 0.730. The molecule has 0 saturated carbocycles. The van der Waals surface area contributed by atoms with Gasteiger partial charge in [0.15, 0.2) is 0 Å². The van der Waals surface area contributed by atoms with Crippen molar-refractivity contribution in [1.82, 2.24) is 10.6 Å². The fourth-order valence-electron chi connectivity index (χ4n) is 1.25. The van der Waals surface area contributed by atoms with Crippen molar-refractivity contribution < 1.29 is 4.79 Å². The molecule has 1 rings (SSSR count). The quantitative estimate of drug-likeness (QED) is 0.557. The molecule has 58 valence electrons. The third-order valence-electron chi connectivity index (χ3n) is 1.92. The molecule has 1 heterocycles. The van der Waals surface area contributed by atoms with E-state index >= 15 is 0 Å². The molecular formula is C7H14N2O. The summed E-state index contributed by atoms with van der Waals surface area (Å²) in [7, 11) is 1.69. The van der Waals surface area contributed by atoms with E-state index in [1.165, 1.54) is 0 Å². The Morgan fingerprint density at radius 1 is 1.80 bits per heavy atom. The Hall–Kier alpha value is -0.570. The van der Waals surface area contributed by atoms with E-state index in [0.29, 0.717) is 12.3 Å². The number of carbonyl (C=O) groups is 1. The molecule has 0 aromatic carbocycles. The molecule has 1 saturated heterocycles. The van der Waals surface area contributed by atoms with E-state index < -0.39 is 0 Å². The highest BCUT2D eigenvalue weighted by atomic mass is 16.1. The Bertz CT molecular complexity index is 119. The predicted molar refractivity (Wildman–Crippen MR) is 39.7 cm³/mol. The van der Waals surface area contributed by atoms with Crippen LogP contribution in [0.2, 0.25) is 0 Å². The summed E-state index contributed by atoms with van der Waals surface area (Å²) in [6, 6.07) is 0. The highest BCUT2D eigenvalue weighted by Gasteiger charge is 2.16. The predicted octanol–water partition coefficient (Wildman–Crippen LogP) is -0.268. The summed E-state index contributed by atoms with van der Waals surface area (Å²) in [5, 5.41) is 5.85. The third kappa shape index (κ3) is 1.99. The molecule has 0 aromatic heterocycles. The van der Waals surface area contributed by atoms with Gasteiger partial charge in [-0.3, -0.25) is 4.79 Å². The maximum absolute atomic E-state index is 10.8. The van der Waals surface area contributed by atoms with Crippen LogP contribution in [0.15, 0.2) is 0 Å². The van der Waals surface area contributed by atoms with Crippen molar-refractivity contribution in [3.63, 3.8) is 0 Å². The minimum Gasteiger partial charge on any atom is -0.359 e. The summed E-state index contributed by atoms with van der Waals surface area (Å²) in [6.07, 6.45) is 1.83. The molecule has 1 amide bonds. The molecule has 3 heteroatoms. The van der Waals surface area contributed by atoms with Crippen molar-refractivity contribution in [1.29, 1.82) is 0 Å². The van der Waals surface area contributed by atoms with Crippen molar-refractivity contribution in [3.05, 3.63) is 0 Å². The smallest absolute Gasteiger partial charge is 0.220 e. The first kappa shape index (κ1) is 7.54. The lowest BCUT2D eigenvalue weighted by Gasteiger charge is -2.04. The van der Waals surface area contributed by atoms with Gasteiger partial charge < -0.3 is 10.6 Å². The van der Waals surface area contributed by atoms with Crippen molar-refractivity contribution in [2.24, 2.45) is 5.92 Å². The van der Waals surface area contributed by atoms with E-state index in [2.05, 4.69) is 10.6 Å². The zero-order chi connectivity index (χ0) is 7.40. The van der Waals surface area contributed by atoms with Crippen molar-refractivity contribution in [3.8, 4) is 0 Å². The molecule has 0 aliphatic carbocycles. The summed E-state index contributed by atoms with van der Waals surface area (Å²) in [6.45, 7) is 2.08. The van der Waals surface area contributed by atoms with Gasteiger partial charge >= 0.3 is 0 Å². The Kier molecular flexibility index (Phi) is 2.68. The standard InChI is InChI=1S/C7H14N2O/c1-8-7(10)4-6-2-3-9-5-6/h6,9H,2-5H2,1H3,(H,8,10)/t6-/m0/s1. The van der Waals surface area contributed by atoms with Crippen molar-refractivity contribution in [2.45, 2.75) is 12.8 Å². The summed E-state index contributed by atoms with van der Waals surface area (Å²) in [5.41, 5.74) is 0. The second kappa shape index (κ2) is 3.56. The van der Waals surface area contributed by atoms with Gasteiger partial charge in [-0.1, -0.05) is 0 Å². The van der Waals surface area contributed by atoms with Crippen LogP contribution in [0.5, 0.6) is 0 Å². The summed E-state index contributed by atoms with van der Waals surface area (Å²) in [4.78, 5) is 10.8. The molecule has 2 N–H and O–H groups in total. The first-order chi connectivity index (χ1) is 4.83. The van der Waals surface area contributed by atoms with Gasteiger partial charge in [-0.15, -0.1) is 0 Å². The van der Waals surface area contributed by atoms with Crippen molar-refractivity contribution in [2.75, 3.05) is 20.1 Å². The molecule has 10 heavy (non-hydrogen) atoms. The van der Waals surface area contributed by atoms with Crippen LogP contribution in [0.1, 0.15) is 12.8 Å². The number of hydrogen-bond donors (Lipinski definition) is 2. The fourth-order valence-corrected chi connectivity index (χ4v) is 1.25. The Morgan fingerprint density at radius 2 is 2.60 bits per heavy atom. The van der Waals surface area contributed by atoms with E-state index in [-0.39, 0.29) is 5.91 Å². The summed E-state index contributed by atoms with van der Waals surface area (Å²) >= 11 is 0. The molecule has 0 spiro atoms. The number of hydrogen-bond acceptors (Lipinski definition) is 2. The minimum absolute atomic E-state index is 0.161. The molecule has 3 nitrogen and oxygen atoms in total. The van der Waals surface area contributed by atoms with Crippen LogP contribution >= 0.6 is 0 Å². The molecule has 1 aliphatic rings. The molecule has 1 aliphatic heterocycles. The largest absolute Gasteiger partial charge is 0.359 e. The highest BCUT2D eigenvalue weighted by molar-refractivity contribution is 5.75. The van der Waals surface area contributed by atoms with Gasteiger partial charge in [0.05, 0.1) is 0 Å². The molecule has 0 aromatic rings. The second-order valence-corrected chi connectivity index (χ2v) is 2.74. The van der Waals surface area contributed by atoms with Crippen LogP contribution in [0.25, 0.3) is 0 Å². The van der Waals surface area contributed by atoms with E-state index in [4.69, 9.17) is 0 Å². The number of carbonyl (C=O) groups excluding carboxylic acids is 1. The van der Waals surface area contributed by atoms with Gasteiger partial charge in [0.25, 0.3) is 0 Å². The second-order valence-electron chi connectivity index (χ2n) is 2.74. The van der Waals surface area contributed by atoms with Gasteiger partial charge in [-0.25, -0.2) is 0 Å². The van der Waals surface area contributed by atoms with Crippen LogP contribution < -0.4 is 10.6 Å². The van der Waals surface area contributed by atoms with Gasteiger partial charge in [-0.05, 0) is 25.4 Å². The first-order valence-corrected chi connectivity index (χ1v) is 3.74. The highest BCUT2D eigenvalue weighted by Crippen LogP contribution is 2.10. The Morgan fingerprint density at radius 3 is 3.10 bits per heavy atom. The zero-order valence-corrected chi connectivity index (χ0v) is 6.31. The molecule has 0 bridgehead atoms. The van der Waals surface area contributed by atoms with Gasteiger partial charge in [-0.2, -0.15) is 0 Å². The topological polar surface area (TPSA) is 41.1 Å². The average molecular weight is 142 g/mol. The maximum Gasteiger partial charge on any atom is 0.220 e. The molecular weight excluding hydrogens is 128 g/mol. The van der Waals surface area contributed by atoms with Crippen LogP contribution in [-0.4, -0.2) is 26.0 Å². The van der Waals surface area contributed by atoms with E-state index in [1.807, 2.05) is 0 Å². The van der Waals surface area contributed by atoms with Gasteiger partial charge in [0.2, 0.25) is 5.91 Å². The SMILES string of the molecule is CNC(=O)C[C@@H]1CCNC1. The van der Waals surface area contributed by atoms with Crippen LogP contribution in [0.4, 0.5) is 0 Å². The lowest BCUT2D eigenvalue weighted by molar-refractivity contribution is -0.121. The van der Waals surface area contributed by atoms with Crippen molar-refractivity contribution >= 4 is 5.91 Å². The minimum atomic E-state index is 0.161. The normalized spacial score (nSPS) is 24.7. The number of amides is 1. The lowest BCUT2D eigenvalue weighted by atomic mass is 10.1. The maximum atomic E-state index is 10.8. The molecule has 0 radical (unpaired) electrons. The zero-order valence-electron chi connectivity index (χ0n) is 6.31. The fraction of sp³-hybridized carbons (Fsp3) is 0.857. The Balaban J connectivity index is 2.17. The lowest BCUT2D eigenvalue weighted by Crippen LogP contribution is -2.22. The Labute approximate surface area is 61.2 Å². The van der Waals surface area contributed by atoms with Gasteiger partial charge in [0, 0.05) is 13.5 Å². The molecule has 1 fully saturated rings. The number of rotatable bonds is 2.